The van der Waals surface area contributed by atoms with E-state index in [1.807, 2.05) is 42.6 Å². The van der Waals surface area contributed by atoms with Crippen molar-refractivity contribution in [3.63, 3.8) is 0 Å². The first-order valence-electron chi connectivity index (χ1n) is 6.10. The highest BCUT2D eigenvalue weighted by molar-refractivity contribution is 5.89. The summed E-state index contributed by atoms with van der Waals surface area (Å²) in [5.41, 5.74) is 9.38. The second-order valence-electron chi connectivity index (χ2n) is 4.54. The lowest BCUT2D eigenvalue weighted by Gasteiger charge is -2.05. The van der Waals surface area contributed by atoms with Crippen LogP contribution in [0.2, 0.25) is 0 Å². The highest BCUT2D eigenvalue weighted by atomic mass is 15.0. The molecule has 19 heavy (non-hydrogen) atoms. The normalized spacial score (nSPS) is 10.5. The largest absolute Gasteiger partial charge is 0.399 e. The molecule has 0 aliphatic rings. The van der Waals surface area contributed by atoms with Gasteiger partial charge in [0.1, 0.15) is 6.07 Å². The molecule has 0 bridgehead atoms. The van der Waals surface area contributed by atoms with Crippen molar-refractivity contribution in [2.45, 2.75) is 6.54 Å². The predicted molar refractivity (Wildman–Crippen MR) is 76.6 cm³/mol. The summed E-state index contributed by atoms with van der Waals surface area (Å²) in [6.45, 7) is 0.753. The van der Waals surface area contributed by atoms with Gasteiger partial charge in [0.15, 0.2) is 0 Å². The Hall–Kier alpha value is -2.73. The van der Waals surface area contributed by atoms with Crippen LogP contribution in [0.1, 0.15) is 11.1 Å². The molecule has 92 valence electrons. The zero-order valence-corrected chi connectivity index (χ0v) is 10.4. The van der Waals surface area contributed by atoms with Crippen LogP contribution >= 0.6 is 0 Å². The monoisotopic (exact) mass is 247 g/mol. The molecule has 3 nitrogen and oxygen atoms in total. The Labute approximate surface area is 111 Å². The molecule has 1 heterocycles. The van der Waals surface area contributed by atoms with Gasteiger partial charge in [-0.3, -0.25) is 0 Å². The summed E-state index contributed by atoms with van der Waals surface area (Å²) < 4.78 is 2.09. The summed E-state index contributed by atoms with van der Waals surface area (Å²) in [6.07, 6.45) is 1.89. The van der Waals surface area contributed by atoms with Gasteiger partial charge in [-0.1, -0.05) is 30.3 Å². The van der Waals surface area contributed by atoms with E-state index in [0.29, 0.717) is 11.3 Å². The molecule has 3 rings (SSSR count). The van der Waals surface area contributed by atoms with Crippen LogP contribution in [0.25, 0.3) is 10.9 Å². The average Bonchev–Trinajstić information content (AvgIpc) is 2.77. The molecule has 0 aliphatic heterocycles. The molecule has 2 aromatic carbocycles. The van der Waals surface area contributed by atoms with E-state index in [1.165, 1.54) is 5.56 Å². The number of aromatic nitrogens is 1. The third-order valence-corrected chi connectivity index (χ3v) is 3.22. The zero-order chi connectivity index (χ0) is 13.2. The summed E-state index contributed by atoms with van der Waals surface area (Å²) in [5, 5.41) is 10.1. The van der Waals surface area contributed by atoms with Crippen molar-refractivity contribution in [3.05, 3.63) is 65.9 Å². The smallest absolute Gasteiger partial charge is 0.101 e. The number of benzene rings is 2. The number of anilines is 1. The zero-order valence-electron chi connectivity index (χ0n) is 10.4. The fourth-order valence-electron chi connectivity index (χ4n) is 2.31. The number of nitriles is 1. The molecular weight excluding hydrogens is 234 g/mol. The van der Waals surface area contributed by atoms with Crippen molar-refractivity contribution in [2.75, 3.05) is 5.73 Å². The third-order valence-electron chi connectivity index (χ3n) is 3.22. The van der Waals surface area contributed by atoms with Crippen molar-refractivity contribution in [1.29, 1.82) is 5.26 Å². The maximum Gasteiger partial charge on any atom is 0.101 e. The van der Waals surface area contributed by atoms with E-state index in [9.17, 15) is 5.26 Å². The van der Waals surface area contributed by atoms with E-state index in [0.717, 1.165) is 17.4 Å². The van der Waals surface area contributed by atoms with Crippen LogP contribution in [0.4, 0.5) is 5.69 Å². The first-order valence-corrected chi connectivity index (χ1v) is 6.10. The van der Waals surface area contributed by atoms with Gasteiger partial charge < -0.3 is 10.3 Å². The van der Waals surface area contributed by atoms with Gasteiger partial charge in [0.25, 0.3) is 0 Å². The number of hydrogen-bond donors (Lipinski definition) is 1. The van der Waals surface area contributed by atoms with Gasteiger partial charge in [-0.2, -0.15) is 5.26 Å². The number of hydrogen-bond acceptors (Lipinski definition) is 2. The van der Waals surface area contributed by atoms with Gasteiger partial charge in [0.05, 0.1) is 5.56 Å². The van der Waals surface area contributed by atoms with Crippen LogP contribution in [-0.2, 0) is 6.54 Å². The molecule has 1 aromatic heterocycles. The van der Waals surface area contributed by atoms with Gasteiger partial charge >= 0.3 is 0 Å². The minimum absolute atomic E-state index is 0.665. The van der Waals surface area contributed by atoms with Gasteiger partial charge in [-0.05, 0) is 23.8 Å². The number of nitrogens with zero attached hydrogens (tertiary/aromatic N) is 2. The molecule has 0 aliphatic carbocycles. The summed E-state index contributed by atoms with van der Waals surface area (Å²) in [5.74, 6) is 0. The van der Waals surface area contributed by atoms with Crippen LogP contribution < -0.4 is 5.73 Å². The molecule has 0 saturated heterocycles. The van der Waals surface area contributed by atoms with Crippen molar-refractivity contribution >= 4 is 16.6 Å². The van der Waals surface area contributed by atoms with E-state index in [2.05, 4.69) is 22.8 Å². The van der Waals surface area contributed by atoms with Gasteiger partial charge in [-0.25, -0.2) is 0 Å². The maximum absolute atomic E-state index is 9.20. The molecule has 0 saturated carbocycles. The molecule has 0 unspecified atom stereocenters. The highest BCUT2D eigenvalue weighted by Crippen LogP contribution is 2.24. The summed E-state index contributed by atoms with van der Waals surface area (Å²) in [6, 6.07) is 18.1. The topological polar surface area (TPSA) is 54.7 Å². The van der Waals surface area contributed by atoms with Crippen LogP contribution in [0, 0.1) is 11.3 Å². The van der Waals surface area contributed by atoms with Crippen molar-refractivity contribution in [1.82, 2.24) is 4.57 Å². The predicted octanol–water partition coefficient (Wildman–Crippen LogP) is 3.14. The fraction of sp³-hybridized carbons (Fsp3) is 0.0625. The van der Waals surface area contributed by atoms with E-state index in [4.69, 9.17) is 5.73 Å². The van der Waals surface area contributed by atoms with Crippen molar-refractivity contribution in [2.24, 2.45) is 0 Å². The Morgan fingerprint density at radius 2 is 1.89 bits per heavy atom. The van der Waals surface area contributed by atoms with Crippen molar-refractivity contribution < 1.29 is 0 Å². The molecule has 3 heteroatoms. The van der Waals surface area contributed by atoms with Crippen LogP contribution in [-0.4, -0.2) is 4.57 Å². The molecular formula is C16H13N3. The van der Waals surface area contributed by atoms with Crippen LogP contribution in [0.5, 0.6) is 0 Å². The highest BCUT2D eigenvalue weighted by Gasteiger charge is 2.08. The Kier molecular flexibility index (Phi) is 2.70. The lowest BCUT2D eigenvalue weighted by atomic mass is 10.2. The van der Waals surface area contributed by atoms with Crippen LogP contribution in [0.3, 0.4) is 0 Å². The quantitative estimate of drug-likeness (QED) is 0.707. The van der Waals surface area contributed by atoms with E-state index >= 15 is 0 Å². The third kappa shape index (κ3) is 2.04. The summed E-state index contributed by atoms with van der Waals surface area (Å²) in [7, 11) is 0. The first-order chi connectivity index (χ1) is 9.28. The SMILES string of the molecule is N#Cc1cn(Cc2ccccc2)c2ccc(N)cc12. The minimum atomic E-state index is 0.665. The molecule has 2 N–H and O–H groups in total. The Morgan fingerprint density at radius 1 is 1.11 bits per heavy atom. The Bertz CT molecular complexity index is 764. The minimum Gasteiger partial charge on any atom is -0.399 e. The fourth-order valence-corrected chi connectivity index (χ4v) is 2.31. The van der Waals surface area contributed by atoms with Gasteiger partial charge in [-0.15, -0.1) is 0 Å². The lowest BCUT2D eigenvalue weighted by Crippen LogP contribution is -1.97. The summed E-state index contributed by atoms with van der Waals surface area (Å²) in [4.78, 5) is 0. The molecule has 0 atom stereocenters. The maximum atomic E-state index is 9.20. The first kappa shape index (κ1) is 11.4. The average molecular weight is 247 g/mol. The molecule has 0 amide bonds. The molecule has 0 radical (unpaired) electrons. The lowest BCUT2D eigenvalue weighted by molar-refractivity contribution is 0.836. The number of rotatable bonds is 2. The van der Waals surface area contributed by atoms with E-state index in [-0.39, 0.29) is 0 Å². The summed E-state index contributed by atoms with van der Waals surface area (Å²) >= 11 is 0. The number of nitrogens with two attached hydrogens (primary N) is 1. The number of fused-ring (bicyclic) bond motifs is 1. The Balaban J connectivity index is 2.12. The second-order valence-corrected chi connectivity index (χ2v) is 4.54. The standard InChI is InChI=1S/C16H13N3/c17-9-13-11-19(10-12-4-2-1-3-5-12)16-7-6-14(18)8-15(13)16/h1-8,11H,10,18H2. The van der Waals surface area contributed by atoms with Gasteiger partial charge in [0, 0.05) is 29.3 Å². The van der Waals surface area contributed by atoms with E-state index < -0.39 is 0 Å². The van der Waals surface area contributed by atoms with Crippen molar-refractivity contribution in [3.8, 4) is 6.07 Å². The molecule has 3 aromatic rings. The Morgan fingerprint density at radius 3 is 2.63 bits per heavy atom. The molecule has 0 fully saturated rings. The molecule has 0 spiro atoms. The number of nitrogen functional groups attached to an aromatic ring is 1. The second kappa shape index (κ2) is 4.51. The van der Waals surface area contributed by atoms with Crippen LogP contribution in [0.15, 0.2) is 54.7 Å². The van der Waals surface area contributed by atoms with Gasteiger partial charge in [0.2, 0.25) is 0 Å². The van der Waals surface area contributed by atoms with E-state index in [1.54, 1.807) is 0 Å².